The maximum Gasteiger partial charge on any atom is 0.249 e. The Morgan fingerprint density at radius 3 is 2.67 bits per heavy atom. The minimum absolute atomic E-state index is 0.0130. The predicted octanol–water partition coefficient (Wildman–Crippen LogP) is 1.50. The Morgan fingerprint density at radius 1 is 1.48 bits per heavy atom. The number of rotatable bonds is 6. The van der Waals surface area contributed by atoms with E-state index in [9.17, 15) is 9.59 Å². The average molecular weight is 308 g/mol. The number of piperazine rings is 1. The lowest BCUT2D eigenvalue weighted by Crippen LogP contribution is -2.71. The van der Waals surface area contributed by atoms with Crippen LogP contribution in [0, 0.1) is 24.2 Å². The number of terminal acetylenes is 1. The van der Waals surface area contributed by atoms with Crippen molar-refractivity contribution in [2.75, 3.05) is 18.1 Å². The number of hydrogen-bond donors (Lipinski definition) is 1. The zero-order chi connectivity index (χ0) is 15.6. The lowest BCUT2D eigenvalue weighted by molar-refractivity contribution is -0.156. The fourth-order valence-electron chi connectivity index (χ4n) is 3.08. The van der Waals surface area contributed by atoms with Crippen LogP contribution in [0.5, 0.6) is 0 Å². The molecule has 2 unspecified atom stereocenters. The fraction of sp³-hybridized carbons (Fsp3) is 0.750. The molecular formula is C16H24N2O2S. The topological polar surface area (TPSA) is 49.4 Å². The van der Waals surface area contributed by atoms with Crippen LogP contribution in [0.15, 0.2) is 0 Å². The van der Waals surface area contributed by atoms with Crippen molar-refractivity contribution in [3.8, 4) is 12.3 Å². The summed E-state index contributed by atoms with van der Waals surface area (Å²) in [7, 11) is 0. The summed E-state index contributed by atoms with van der Waals surface area (Å²) in [4.78, 5) is 27.2. The van der Waals surface area contributed by atoms with Gasteiger partial charge in [-0.1, -0.05) is 19.8 Å². The van der Waals surface area contributed by atoms with Gasteiger partial charge in [0.1, 0.15) is 11.6 Å². The summed E-state index contributed by atoms with van der Waals surface area (Å²) in [6, 6.07) is -0.365. The third-order valence-corrected chi connectivity index (χ3v) is 5.22. The molecule has 1 saturated carbocycles. The van der Waals surface area contributed by atoms with E-state index >= 15 is 0 Å². The summed E-state index contributed by atoms with van der Waals surface area (Å²) in [6.07, 6.45) is 7.29. The van der Waals surface area contributed by atoms with Crippen molar-refractivity contribution in [3.63, 3.8) is 0 Å². The molecule has 0 radical (unpaired) electrons. The van der Waals surface area contributed by atoms with Crippen molar-refractivity contribution < 1.29 is 9.59 Å². The Hall–Kier alpha value is -1.15. The molecule has 0 aromatic heterocycles. The van der Waals surface area contributed by atoms with Gasteiger partial charge in [-0.15, -0.1) is 18.2 Å². The van der Waals surface area contributed by atoms with Gasteiger partial charge in [0.15, 0.2) is 0 Å². The Balaban J connectivity index is 2.14. The molecule has 116 valence electrons. The number of thioether (sulfide) groups is 1. The zero-order valence-corrected chi connectivity index (χ0v) is 13.8. The van der Waals surface area contributed by atoms with Crippen LogP contribution in [0.3, 0.4) is 0 Å². The highest BCUT2D eigenvalue weighted by atomic mass is 32.2. The second kappa shape index (κ2) is 6.31. The van der Waals surface area contributed by atoms with Crippen LogP contribution in [0.25, 0.3) is 0 Å². The number of amides is 2. The molecule has 0 aromatic carbocycles. The van der Waals surface area contributed by atoms with Gasteiger partial charge in [0, 0.05) is 12.3 Å². The Labute approximate surface area is 131 Å². The molecule has 2 aliphatic rings. The summed E-state index contributed by atoms with van der Waals surface area (Å²) in [6.45, 7) is 6.44. The minimum Gasteiger partial charge on any atom is -0.340 e. The van der Waals surface area contributed by atoms with Gasteiger partial charge in [0.05, 0.1) is 5.75 Å². The van der Waals surface area contributed by atoms with Crippen molar-refractivity contribution in [2.24, 2.45) is 11.8 Å². The molecule has 0 spiro atoms. The van der Waals surface area contributed by atoms with Crippen molar-refractivity contribution in [2.45, 2.75) is 45.2 Å². The van der Waals surface area contributed by atoms with Gasteiger partial charge in [-0.2, -0.15) is 0 Å². The van der Waals surface area contributed by atoms with Crippen molar-refractivity contribution >= 4 is 23.6 Å². The molecule has 1 aliphatic carbocycles. The van der Waals surface area contributed by atoms with Crippen molar-refractivity contribution in [1.82, 2.24) is 10.2 Å². The summed E-state index contributed by atoms with van der Waals surface area (Å²) in [5, 5.41) is 3.00. The molecule has 0 bridgehead atoms. The Morgan fingerprint density at radius 2 is 2.14 bits per heavy atom. The van der Waals surface area contributed by atoms with Crippen LogP contribution in [0.4, 0.5) is 0 Å². The van der Waals surface area contributed by atoms with E-state index in [1.807, 2.05) is 20.8 Å². The van der Waals surface area contributed by atoms with E-state index in [2.05, 4.69) is 11.2 Å². The molecule has 5 heteroatoms. The van der Waals surface area contributed by atoms with E-state index in [-0.39, 0.29) is 23.8 Å². The molecule has 1 aliphatic heterocycles. The summed E-state index contributed by atoms with van der Waals surface area (Å²) >= 11 is 1.63. The van der Waals surface area contributed by atoms with Crippen molar-refractivity contribution in [3.05, 3.63) is 0 Å². The fourth-order valence-corrected chi connectivity index (χ4v) is 3.67. The summed E-state index contributed by atoms with van der Waals surface area (Å²) in [5.74, 6) is 4.46. The highest BCUT2D eigenvalue weighted by molar-refractivity contribution is 7.99. The van der Waals surface area contributed by atoms with Crippen LogP contribution in [-0.4, -0.2) is 46.3 Å². The molecule has 2 rings (SSSR count). The molecule has 0 aromatic rings. The first-order chi connectivity index (χ1) is 9.91. The lowest BCUT2D eigenvalue weighted by Gasteiger charge is -2.46. The molecular weight excluding hydrogens is 284 g/mol. The number of hydrogen-bond acceptors (Lipinski definition) is 3. The number of nitrogens with one attached hydrogen (secondary N) is 1. The van der Waals surface area contributed by atoms with E-state index in [1.54, 1.807) is 16.7 Å². The lowest BCUT2D eigenvalue weighted by atomic mass is 9.86. The second-order valence-corrected chi connectivity index (χ2v) is 7.52. The minimum atomic E-state index is -0.709. The monoisotopic (exact) mass is 308 g/mol. The van der Waals surface area contributed by atoms with Gasteiger partial charge in [-0.3, -0.25) is 9.59 Å². The highest BCUT2D eigenvalue weighted by Gasteiger charge is 2.55. The average Bonchev–Trinajstić information content (AvgIpc) is 3.24. The maximum absolute atomic E-state index is 12.9. The molecule has 1 N–H and O–H groups in total. The molecule has 2 fully saturated rings. The summed E-state index contributed by atoms with van der Waals surface area (Å²) < 4.78 is 0. The number of carbonyl (C=O) groups is 2. The predicted molar refractivity (Wildman–Crippen MR) is 85.8 cm³/mol. The van der Waals surface area contributed by atoms with E-state index in [0.29, 0.717) is 18.2 Å². The quantitative estimate of drug-likeness (QED) is 0.598. The second-order valence-electron chi connectivity index (χ2n) is 6.41. The van der Waals surface area contributed by atoms with Gasteiger partial charge >= 0.3 is 0 Å². The first-order valence-corrected chi connectivity index (χ1v) is 8.71. The highest BCUT2D eigenvalue weighted by Crippen LogP contribution is 2.42. The first kappa shape index (κ1) is 16.2. The standard InChI is InChI=1S/C16H24N2O2S/c1-5-9-21-10-8-18-13(11(2)3)14(19)17-16(4,15(18)20)12-6-7-12/h1,11-13H,6-10H2,2-4H3,(H,17,19). The molecule has 2 amide bonds. The molecule has 4 nitrogen and oxygen atoms in total. The van der Waals surface area contributed by atoms with Gasteiger partial charge < -0.3 is 10.2 Å². The van der Waals surface area contributed by atoms with Crippen LogP contribution < -0.4 is 5.32 Å². The molecule has 2 atom stereocenters. The third-order valence-electron chi connectivity index (χ3n) is 4.38. The van der Waals surface area contributed by atoms with Gasteiger partial charge in [-0.05, 0) is 31.6 Å². The van der Waals surface area contributed by atoms with Gasteiger partial charge in [0.2, 0.25) is 11.8 Å². The van der Waals surface area contributed by atoms with Crippen molar-refractivity contribution in [1.29, 1.82) is 0 Å². The van der Waals surface area contributed by atoms with Crippen LogP contribution in [0.1, 0.15) is 33.6 Å². The third kappa shape index (κ3) is 3.21. The van der Waals surface area contributed by atoms with Crippen LogP contribution in [-0.2, 0) is 9.59 Å². The number of carbonyl (C=O) groups excluding carboxylic acids is 2. The van der Waals surface area contributed by atoms with Crippen LogP contribution in [0.2, 0.25) is 0 Å². The summed E-state index contributed by atoms with van der Waals surface area (Å²) in [5.41, 5.74) is -0.709. The molecule has 1 heterocycles. The van der Waals surface area contributed by atoms with E-state index in [4.69, 9.17) is 6.42 Å². The normalized spacial score (nSPS) is 29.5. The van der Waals surface area contributed by atoms with E-state index in [0.717, 1.165) is 18.6 Å². The first-order valence-electron chi connectivity index (χ1n) is 7.56. The number of nitrogens with zero attached hydrogens (tertiary/aromatic N) is 1. The largest absolute Gasteiger partial charge is 0.340 e. The SMILES string of the molecule is C#CCSCCN1C(=O)C(C)(C2CC2)NC(=O)C1C(C)C. The van der Waals surface area contributed by atoms with Gasteiger partial charge in [0.25, 0.3) is 0 Å². The maximum atomic E-state index is 12.9. The van der Waals surface area contributed by atoms with Crippen LogP contribution >= 0.6 is 11.8 Å². The zero-order valence-electron chi connectivity index (χ0n) is 13.0. The Kier molecular flexibility index (Phi) is 4.88. The molecule has 21 heavy (non-hydrogen) atoms. The van der Waals surface area contributed by atoms with E-state index < -0.39 is 5.54 Å². The Bertz CT molecular complexity index is 467. The molecule has 1 saturated heterocycles. The van der Waals surface area contributed by atoms with Gasteiger partial charge in [-0.25, -0.2) is 0 Å². The van der Waals surface area contributed by atoms with E-state index in [1.165, 1.54) is 0 Å². The smallest absolute Gasteiger partial charge is 0.249 e.